The predicted molar refractivity (Wildman–Crippen MR) is 99.8 cm³/mol. The van der Waals surface area contributed by atoms with Crippen molar-refractivity contribution < 1.29 is 19.0 Å². The van der Waals surface area contributed by atoms with Crippen LogP contribution in [0.25, 0.3) is 0 Å². The van der Waals surface area contributed by atoms with Gasteiger partial charge in [0.05, 0.1) is 13.7 Å². The summed E-state index contributed by atoms with van der Waals surface area (Å²) in [6.45, 7) is 3.41. The first-order valence-corrected chi connectivity index (χ1v) is 8.98. The van der Waals surface area contributed by atoms with E-state index in [-0.39, 0.29) is 18.1 Å². The summed E-state index contributed by atoms with van der Waals surface area (Å²) in [6, 6.07) is 17.8. The molecule has 0 radical (unpaired) electrons. The standard InChI is InChI=1S/C21H25NO4/c1-3-25-21(23)22-13-12-20(19(15-22)16-8-5-4-6-9-16)26-18-11-7-10-17(14-18)24-2/h4-11,14,19-20H,3,12-13,15H2,1-2H3/t19-,20+/m1/s1. The van der Waals surface area contributed by atoms with E-state index < -0.39 is 0 Å². The molecule has 5 nitrogen and oxygen atoms in total. The molecule has 1 saturated heterocycles. The molecule has 0 bridgehead atoms. The molecule has 1 aliphatic rings. The molecule has 0 spiro atoms. The van der Waals surface area contributed by atoms with Crippen molar-refractivity contribution in [3.8, 4) is 11.5 Å². The highest BCUT2D eigenvalue weighted by molar-refractivity contribution is 5.68. The largest absolute Gasteiger partial charge is 0.497 e. The number of hydrogen-bond acceptors (Lipinski definition) is 4. The van der Waals surface area contributed by atoms with E-state index in [1.807, 2.05) is 49.4 Å². The Morgan fingerprint density at radius 1 is 1.12 bits per heavy atom. The molecule has 2 atom stereocenters. The fourth-order valence-electron chi connectivity index (χ4n) is 3.32. The van der Waals surface area contributed by atoms with Crippen molar-refractivity contribution in [2.45, 2.75) is 25.4 Å². The van der Waals surface area contributed by atoms with E-state index >= 15 is 0 Å². The van der Waals surface area contributed by atoms with Gasteiger partial charge in [0, 0.05) is 31.5 Å². The lowest BCUT2D eigenvalue weighted by molar-refractivity contribution is 0.0573. The monoisotopic (exact) mass is 355 g/mol. The highest BCUT2D eigenvalue weighted by Crippen LogP contribution is 2.32. The van der Waals surface area contributed by atoms with Crippen LogP contribution in [0.1, 0.15) is 24.8 Å². The first-order valence-electron chi connectivity index (χ1n) is 8.98. The normalized spacial score (nSPS) is 19.7. The van der Waals surface area contributed by atoms with Gasteiger partial charge in [-0.1, -0.05) is 36.4 Å². The van der Waals surface area contributed by atoms with Gasteiger partial charge in [-0.05, 0) is 24.6 Å². The van der Waals surface area contributed by atoms with E-state index in [4.69, 9.17) is 14.2 Å². The minimum atomic E-state index is -0.256. The van der Waals surface area contributed by atoms with Crippen molar-refractivity contribution in [3.05, 3.63) is 60.2 Å². The van der Waals surface area contributed by atoms with Gasteiger partial charge in [-0.2, -0.15) is 0 Å². The van der Waals surface area contributed by atoms with Crippen LogP contribution < -0.4 is 9.47 Å². The SMILES string of the molecule is CCOC(=O)N1CC[C@H](Oc2cccc(OC)c2)[C@@H](c2ccccc2)C1. The Morgan fingerprint density at radius 3 is 2.62 bits per heavy atom. The Balaban J connectivity index is 1.80. The van der Waals surface area contributed by atoms with Gasteiger partial charge >= 0.3 is 6.09 Å². The summed E-state index contributed by atoms with van der Waals surface area (Å²) in [5, 5.41) is 0. The summed E-state index contributed by atoms with van der Waals surface area (Å²) in [5.41, 5.74) is 1.16. The number of piperidine rings is 1. The highest BCUT2D eigenvalue weighted by Gasteiger charge is 2.34. The van der Waals surface area contributed by atoms with Crippen molar-refractivity contribution >= 4 is 6.09 Å². The lowest BCUT2D eigenvalue weighted by Gasteiger charge is -2.38. The third kappa shape index (κ3) is 4.28. The third-order valence-corrected chi connectivity index (χ3v) is 4.63. The van der Waals surface area contributed by atoms with Crippen LogP contribution in [-0.2, 0) is 4.74 Å². The Labute approximate surface area is 154 Å². The molecular weight excluding hydrogens is 330 g/mol. The molecule has 1 heterocycles. The number of nitrogens with zero attached hydrogens (tertiary/aromatic N) is 1. The Morgan fingerprint density at radius 2 is 1.88 bits per heavy atom. The molecule has 26 heavy (non-hydrogen) atoms. The Bertz CT molecular complexity index is 719. The highest BCUT2D eigenvalue weighted by atomic mass is 16.6. The van der Waals surface area contributed by atoms with E-state index in [0.717, 1.165) is 23.5 Å². The summed E-state index contributed by atoms with van der Waals surface area (Å²) in [7, 11) is 1.64. The van der Waals surface area contributed by atoms with Gasteiger partial charge in [0.25, 0.3) is 0 Å². The molecule has 0 aromatic heterocycles. The lowest BCUT2D eigenvalue weighted by Crippen LogP contribution is -2.47. The molecule has 1 aliphatic heterocycles. The molecule has 0 unspecified atom stereocenters. The molecule has 2 aromatic rings. The Hall–Kier alpha value is -2.69. The quantitative estimate of drug-likeness (QED) is 0.810. The van der Waals surface area contributed by atoms with Crippen molar-refractivity contribution in [2.24, 2.45) is 0 Å². The van der Waals surface area contributed by atoms with Crippen LogP contribution in [0, 0.1) is 0 Å². The van der Waals surface area contributed by atoms with Gasteiger partial charge in [0.15, 0.2) is 0 Å². The van der Waals surface area contributed by atoms with Gasteiger partial charge in [-0.3, -0.25) is 0 Å². The number of carbonyl (C=O) groups is 1. The number of likely N-dealkylation sites (tertiary alicyclic amines) is 1. The molecule has 0 N–H and O–H groups in total. The maximum Gasteiger partial charge on any atom is 0.409 e. The van der Waals surface area contributed by atoms with Crippen LogP contribution in [0.4, 0.5) is 4.79 Å². The van der Waals surface area contributed by atoms with E-state index in [2.05, 4.69) is 12.1 Å². The van der Waals surface area contributed by atoms with E-state index in [0.29, 0.717) is 19.7 Å². The second-order valence-electron chi connectivity index (χ2n) is 6.29. The van der Waals surface area contributed by atoms with E-state index in [9.17, 15) is 4.79 Å². The molecule has 2 aromatic carbocycles. The zero-order chi connectivity index (χ0) is 18.4. The molecule has 138 valence electrons. The molecular formula is C21H25NO4. The first kappa shape index (κ1) is 18.1. The average molecular weight is 355 g/mol. The van der Waals surface area contributed by atoms with Crippen LogP contribution >= 0.6 is 0 Å². The number of benzene rings is 2. The molecule has 0 aliphatic carbocycles. The van der Waals surface area contributed by atoms with Crippen molar-refractivity contribution in [1.82, 2.24) is 4.90 Å². The van der Waals surface area contributed by atoms with Crippen LogP contribution in [0.5, 0.6) is 11.5 Å². The van der Waals surface area contributed by atoms with E-state index in [1.165, 1.54) is 0 Å². The molecule has 1 amide bonds. The number of rotatable bonds is 5. The Kier molecular flexibility index (Phi) is 6.00. The molecule has 0 saturated carbocycles. The summed E-state index contributed by atoms with van der Waals surface area (Å²) < 4.78 is 16.8. The lowest BCUT2D eigenvalue weighted by atomic mass is 9.88. The predicted octanol–water partition coefficient (Wildman–Crippen LogP) is 4.09. The second kappa shape index (κ2) is 8.61. The average Bonchev–Trinajstić information content (AvgIpc) is 2.69. The van der Waals surface area contributed by atoms with Crippen molar-refractivity contribution in [2.75, 3.05) is 26.8 Å². The number of amides is 1. The topological polar surface area (TPSA) is 48.0 Å². The number of ether oxygens (including phenoxy) is 3. The molecule has 1 fully saturated rings. The summed E-state index contributed by atoms with van der Waals surface area (Å²) in [4.78, 5) is 13.9. The second-order valence-corrected chi connectivity index (χ2v) is 6.29. The zero-order valence-electron chi connectivity index (χ0n) is 15.3. The van der Waals surface area contributed by atoms with Gasteiger partial charge in [-0.25, -0.2) is 4.79 Å². The molecule has 5 heteroatoms. The number of methoxy groups -OCH3 is 1. The van der Waals surface area contributed by atoms with Crippen molar-refractivity contribution in [3.63, 3.8) is 0 Å². The minimum absolute atomic E-state index is 0.0183. The minimum Gasteiger partial charge on any atom is -0.497 e. The van der Waals surface area contributed by atoms with Gasteiger partial charge < -0.3 is 19.1 Å². The van der Waals surface area contributed by atoms with Crippen LogP contribution in [0.15, 0.2) is 54.6 Å². The van der Waals surface area contributed by atoms with Crippen molar-refractivity contribution in [1.29, 1.82) is 0 Å². The fourth-order valence-corrected chi connectivity index (χ4v) is 3.32. The zero-order valence-corrected chi connectivity index (χ0v) is 15.3. The van der Waals surface area contributed by atoms with Gasteiger partial charge in [0.1, 0.15) is 17.6 Å². The third-order valence-electron chi connectivity index (χ3n) is 4.63. The van der Waals surface area contributed by atoms with Gasteiger partial charge in [0.2, 0.25) is 0 Å². The molecule has 3 rings (SSSR count). The first-order chi connectivity index (χ1) is 12.7. The smallest absolute Gasteiger partial charge is 0.409 e. The van der Waals surface area contributed by atoms with E-state index in [1.54, 1.807) is 12.0 Å². The number of carbonyl (C=O) groups excluding carboxylic acids is 1. The summed E-state index contributed by atoms with van der Waals surface area (Å²) >= 11 is 0. The number of hydrogen-bond donors (Lipinski definition) is 0. The van der Waals surface area contributed by atoms with Crippen LogP contribution in [0.2, 0.25) is 0 Å². The maximum atomic E-state index is 12.2. The van der Waals surface area contributed by atoms with Crippen LogP contribution in [-0.4, -0.2) is 43.9 Å². The van der Waals surface area contributed by atoms with Gasteiger partial charge in [-0.15, -0.1) is 0 Å². The summed E-state index contributed by atoms with van der Waals surface area (Å²) in [5.74, 6) is 1.63. The maximum absolute atomic E-state index is 12.2. The van der Waals surface area contributed by atoms with Crippen LogP contribution in [0.3, 0.4) is 0 Å². The fraction of sp³-hybridized carbons (Fsp3) is 0.381. The summed E-state index contributed by atoms with van der Waals surface area (Å²) in [6.07, 6.45) is 0.471.